The number of halogens is 3. The second-order valence-electron chi connectivity index (χ2n) is 4.21. The molecule has 2 nitrogen and oxygen atoms in total. The third kappa shape index (κ3) is 4.86. The first-order valence-corrected chi connectivity index (χ1v) is 5.47. The van der Waals surface area contributed by atoms with E-state index in [1.807, 2.05) is 0 Å². The van der Waals surface area contributed by atoms with Gasteiger partial charge in [0.25, 0.3) is 0 Å². The van der Waals surface area contributed by atoms with Gasteiger partial charge in [-0.15, -0.1) is 0 Å². The zero-order valence-corrected chi connectivity index (χ0v) is 10.1. The Morgan fingerprint density at radius 2 is 1.75 bits per heavy atom. The molecule has 0 N–H and O–H groups in total. The second kappa shape index (κ2) is 6.11. The highest BCUT2D eigenvalue weighted by atomic mass is 19.4. The van der Waals surface area contributed by atoms with E-state index in [0.29, 0.717) is 6.42 Å². The van der Waals surface area contributed by atoms with Crippen molar-refractivity contribution in [3.05, 3.63) is 0 Å². The van der Waals surface area contributed by atoms with Gasteiger partial charge in [0.15, 0.2) is 0 Å². The zero-order valence-electron chi connectivity index (χ0n) is 10.1. The van der Waals surface area contributed by atoms with Gasteiger partial charge in [-0.25, -0.2) is 0 Å². The highest BCUT2D eigenvalue weighted by Gasteiger charge is 2.44. The summed E-state index contributed by atoms with van der Waals surface area (Å²) in [5.41, 5.74) is 0. The summed E-state index contributed by atoms with van der Waals surface area (Å²) in [6, 6.07) is 0. The molecule has 0 bridgehead atoms. The highest BCUT2D eigenvalue weighted by molar-refractivity contribution is 5.73. The fraction of sp³-hybridized carbons (Fsp3) is 0.909. The molecular weight excluding hydrogens is 221 g/mol. The molecule has 0 aliphatic carbocycles. The van der Waals surface area contributed by atoms with Crippen LogP contribution in [0, 0.1) is 11.8 Å². The molecule has 16 heavy (non-hydrogen) atoms. The Morgan fingerprint density at radius 1 is 1.25 bits per heavy atom. The summed E-state index contributed by atoms with van der Waals surface area (Å²) in [6.45, 7) is 6.03. The molecule has 0 radical (unpaired) electrons. The molecule has 0 aromatic heterocycles. The van der Waals surface area contributed by atoms with Crippen LogP contribution in [0.15, 0.2) is 0 Å². The van der Waals surface area contributed by atoms with Crippen molar-refractivity contribution in [3.63, 3.8) is 0 Å². The SMILES string of the molecule is CCCC(C(=O)OC(C)C)C(C)C(F)(F)F. The van der Waals surface area contributed by atoms with Crippen LogP contribution in [0.1, 0.15) is 40.5 Å². The van der Waals surface area contributed by atoms with E-state index in [0.717, 1.165) is 6.92 Å². The number of rotatable bonds is 5. The first kappa shape index (κ1) is 15.3. The van der Waals surface area contributed by atoms with Gasteiger partial charge in [0.2, 0.25) is 0 Å². The molecule has 0 aromatic carbocycles. The number of carbonyl (C=O) groups excluding carboxylic acids is 1. The van der Waals surface area contributed by atoms with Crippen LogP contribution in [0.3, 0.4) is 0 Å². The Labute approximate surface area is 94.2 Å². The lowest BCUT2D eigenvalue weighted by Crippen LogP contribution is -2.34. The van der Waals surface area contributed by atoms with Crippen molar-refractivity contribution < 1.29 is 22.7 Å². The second-order valence-corrected chi connectivity index (χ2v) is 4.21. The quantitative estimate of drug-likeness (QED) is 0.687. The van der Waals surface area contributed by atoms with Crippen LogP contribution in [-0.2, 0) is 9.53 Å². The van der Waals surface area contributed by atoms with Crippen molar-refractivity contribution in [2.75, 3.05) is 0 Å². The molecule has 0 rings (SSSR count). The number of hydrogen-bond acceptors (Lipinski definition) is 2. The van der Waals surface area contributed by atoms with Gasteiger partial charge in [-0.3, -0.25) is 4.79 Å². The number of esters is 1. The predicted molar refractivity (Wildman–Crippen MR) is 54.8 cm³/mol. The molecule has 0 heterocycles. The van der Waals surface area contributed by atoms with Crippen LogP contribution in [-0.4, -0.2) is 18.2 Å². The summed E-state index contributed by atoms with van der Waals surface area (Å²) in [6.07, 6.45) is -4.01. The molecule has 0 aliphatic heterocycles. The first-order valence-electron chi connectivity index (χ1n) is 5.47. The Kier molecular flexibility index (Phi) is 5.83. The summed E-state index contributed by atoms with van der Waals surface area (Å²) in [7, 11) is 0. The smallest absolute Gasteiger partial charge is 0.392 e. The predicted octanol–water partition coefficient (Wildman–Crippen LogP) is 3.55. The van der Waals surface area contributed by atoms with Crippen LogP contribution in [0.4, 0.5) is 13.2 Å². The van der Waals surface area contributed by atoms with E-state index in [-0.39, 0.29) is 12.5 Å². The Morgan fingerprint density at radius 3 is 2.06 bits per heavy atom. The van der Waals surface area contributed by atoms with E-state index in [1.54, 1.807) is 20.8 Å². The minimum atomic E-state index is -4.35. The molecule has 0 spiro atoms. The van der Waals surface area contributed by atoms with Gasteiger partial charge in [-0.05, 0) is 20.3 Å². The van der Waals surface area contributed by atoms with Crippen molar-refractivity contribution in [3.8, 4) is 0 Å². The average Bonchev–Trinajstić information content (AvgIpc) is 2.10. The lowest BCUT2D eigenvalue weighted by Gasteiger charge is -2.25. The monoisotopic (exact) mass is 240 g/mol. The van der Waals surface area contributed by atoms with Gasteiger partial charge >= 0.3 is 12.1 Å². The van der Waals surface area contributed by atoms with E-state index in [2.05, 4.69) is 0 Å². The fourth-order valence-corrected chi connectivity index (χ4v) is 1.43. The van der Waals surface area contributed by atoms with E-state index < -0.39 is 24.0 Å². The molecule has 2 unspecified atom stereocenters. The van der Waals surface area contributed by atoms with Crippen LogP contribution >= 0.6 is 0 Å². The summed E-state index contributed by atoms with van der Waals surface area (Å²) < 4.78 is 42.4. The number of hydrogen-bond donors (Lipinski definition) is 0. The number of alkyl halides is 3. The molecule has 0 saturated heterocycles. The van der Waals surface area contributed by atoms with E-state index in [1.165, 1.54) is 0 Å². The van der Waals surface area contributed by atoms with E-state index in [4.69, 9.17) is 4.74 Å². The Balaban J connectivity index is 4.66. The van der Waals surface area contributed by atoms with E-state index in [9.17, 15) is 18.0 Å². The van der Waals surface area contributed by atoms with Crippen LogP contribution in [0.25, 0.3) is 0 Å². The minimum Gasteiger partial charge on any atom is -0.463 e. The van der Waals surface area contributed by atoms with Crippen molar-refractivity contribution in [2.45, 2.75) is 52.8 Å². The van der Waals surface area contributed by atoms with Gasteiger partial charge < -0.3 is 4.74 Å². The van der Waals surface area contributed by atoms with Gasteiger partial charge in [-0.1, -0.05) is 20.3 Å². The lowest BCUT2D eigenvalue weighted by atomic mass is 9.89. The van der Waals surface area contributed by atoms with Crippen molar-refractivity contribution in [1.29, 1.82) is 0 Å². The minimum absolute atomic E-state index is 0.201. The largest absolute Gasteiger partial charge is 0.463 e. The maximum Gasteiger partial charge on any atom is 0.392 e. The van der Waals surface area contributed by atoms with Gasteiger partial charge in [0, 0.05) is 0 Å². The molecule has 0 aliphatic rings. The summed E-state index contributed by atoms with van der Waals surface area (Å²) in [5, 5.41) is 0. The Hall–Kier alpha value is -0.740. The molecule has 0 aromatic rings. The molecule has 5 heteroatoms. The van der Waals surface area contributed by atoms with Gasteiger partial charge in [-0.2, -0.15) is 13.2 Å². The zero-order chi connectivity index (χ0) is 12.9. The summed E-state index contributed by atoms with van der Waals surface area (Å²) in [5.74, 6) is -3.49. The van der Waals surface area contributed by atoms with E-state index >= 15 is 0 Å². The number of ether oxygens (including phenoxy) is 1. The lowest BCUT2D eigenvalue weighted by molar-refractivity contribution is -0.196. The highest BCUT2D eigenvalue weighted by Crippen LogP contribution is 2.34. The number of carbonyl (C=O) groups is 1. The summed E-state index contributed by atoms with van der Waals surface area (Å²) in [4.78, 5) is 11.5. The first-order chi connectivity index (χ1) is 7.20. The van der Waals surface area contributed by atoms with Crippen LogP contribution in [0.2, 0.25) is 0 Å². The maximum absolute atomic E-state index is 12.5. The van der Waals surface area contributed by atoms with Crippen LogP contribution < -0.4 is 0 Å². The van der Waals surface area contributed by atoms with Gasteiger partial charge in [0.05, 0.1) is 17.9 Å². The summed E-state index contributed by atoms with van der Waals surface area (Å²) >= 11 is 0. The normalized spacial score (nSPS) is 16.0. The molecular formula is C11H19F3O2. The average molecular weight is 240 g/mol. The molecule has 96 valence electrons. The molecule has 0 amide bonds. The molecule has 0 fully saturated rings. The fourth-order valence-electron chi connectivity index (χ4n) is 1.43. The van der Waals surface area contributed by atoms with Crippen molar-refractivity contribution in [2.24, 2.45) is 11.8 Å². The standard InChI is InChI=1S/C11H19F3O2/c1-5-6-9(8(4)11(12,13)14)10(15)16-7(2)3/h7-9H,5-6H2,1-4H3. The van der Waals surface area contributed by atoms with Crippen molar-refractivity contribution in [1.82, 2.24) is 0 Å². The van der Waals surface area contributed by atoms with Crippen LogP contribution in [0.5, 0.6) is 0 Å². The third-order valence-electron chi connectivity index (χ3n) is 2.37. The maximum atomic E-state index is 12.5. The third-order valence-corrected chi connectivity index (χ3v) is 2.37. The van der Waals surface area contributed by atoms with Gasteiger partial charge in [0.1, 0.15) is 0 Å². The molecule has 2 atom stereocenters. The topological polar surface area (TPSA) is 26.3 Å². The molecule has 0 saturated carbocycles. The Bertz CT molecular complexity index is 224. The van der Waals surface area contributed by atoms with Crippen molar-refractivity contribution >= 4 is 5.97 Å².